The molecular formula is C19H19Cl2FO3. The van der Waals surface area contributed by atoms with Crippen molar-refractivity contribution in [3.05, 3.63) is 62.4 Å². The Kier molecular flexibility index (Phi) is 6.31. The van der Waals surface area contributed by atoms with Crippen LogP contribution < -0.4 is 0 Å². The molecule has 0 heterocycles. The summed E-state index contributed by atoms with van der Waals surface area (Å²) >= 11 is 12.6. The number of aryl methyl sites for hydroxylation is 1. The molecule has 0 amide bonds. The zero-order valence-corrected chi connectivity index (χ0v) is 15.5. The van der Waals surface area contributed by atoms with Gasteiger partial charge < -0.3 is 10.2 Å². The van der Waals surface area contributed by atoms with Gasteiger partial charge in [0, 0.05) is 28.5 Å². The Morgan fingerprint density at radius 3 is 2.32 bits per heavy atom. The molecule has 0 saturated carbocycles. The number of hydrogen-bond donors (Lipinski definition) is 2. The predicted molar refractivity (Wildman–Crippen MR) is 97.4 cm³/mol. The quantitative estimate of drug-likeness (QED) is 0.684. The van der Waals surface area contributed by atoms with Crippen LogP contribution in [0.1, 0.15) is 48.4 Å². The van der Waals surface area contributed by atoms with Crippen LogP contribution in [0, 0.1) is 5.82 Å². The van der Waals surface area contributed by atoms with E-state index in [2.05, 4.69) is 0 Å². The molecule has 0 unspecified atom stereocenters. The SMILES string of the molecule is CC(C)c1c(O)ccc(Cc2c(Cl)cc(CCC(=O)O)cc2Cl)c1F. The van der Waals surface area contributed by atoms with Crippen LogP contribution in [0.25, 0.3) is 0 Å². The Morgan fingerprint density at radius 2 is 1.80 bits per heavy atom. The minimum Gasteiger partial charge on any atom is -0.508 e. The van der Waals surface area contributed by atoms with Crippen LogP contribution in [-0.4, -0.2) is 16.2 Å². The van der Waals surface area contributed by atoms with Gasteiger partial charge in [-0.15, -0.1) is 0 Å². The van der Waals surface area contributed by atoms with Crippen LogP contribution in [0.5, 0.6) is 5.75 Å². The highest BCUT2D eigenvalue weighted by atomic mass is 35.5. The van der Waals surface area contributed by atoms with Crippen LogP contribution in [0.15, 0.2) is 24.3 Å². The van der Waals surface area contributed by atoms with Gasteiger partial charge in [-0.2, -0.15) is 0 Å². The minimum absolute atomic E-state index is 0.0175. The first kappa shape index (κ1) is 19.5. The molecule has 6 heteroatoms. The maximum absolute atomic E-state index is 14.7. The molecule has 0 atom stereocenters. The number of halogens is 3. The zero-order chi connectivity index (χ0) is 18.7. The standard InChI is InChI=1S/C19H19Cl2FO3/c1-10(2)18-16(23)5-4-12(19(18)22)9-13-14(20)7-11(8-15(13)21)3-6-17(24)25/h4-5,7-8,10,23H,3,6,9H2,1-2H3,(H,24,25). The number of rotatable bonds is 6. The molecule has 0 aliphatic heterocycles. The van der Waals surface area contributed by atoms with Gasteiger partial charge >= 0.3 is 5.97 Å². The average Bonchev–Trinajstić information content (AvgIpc) is 2.50. The highest BCUT2D eigenvalue weighted by molar-refractivity contribution is 6.36. The van der Waals surface area contributed by atoms with Gasteiger partial charge in [0.15, 0.2) is 0 Å². The minimum atomic E-state index is -0.899. The highest BCUT2D eigenvalue weighted by Crippen LogP contribution is 2.34. The molecule has 0 aliphatic rings. The number of phenols is 1. The number of carboxylic acids is 1. The van der Waals surface area contributed by atoms with Crippen LogP contribution in [0.3, 0.4) is 0 Å². The Hall–Kier alpha value is -1.78. The van der Waals surface area contributed by atoms with E-state index in [1.165, 1.54) is 12.1 Å². The van der Waals surface area contributed by atoms with Crippen molar-refractivity contribution in [3.8, 4) is 5.75 Å². The smallest absolute Gasteiger partial charge is 0.303 e. The fourth-order valence-corrected chi connectivity index (χ4v) is 3.39. The van der Waals surface area contributed by atoms with Gasteiger partial charge in [0.05, 0.1) is 0 Å². The second-order valence-electron chi connectivity index (χ2n) is 6.23. The molecule has 0 spiro atoms. The lowest BCUT2D eigenvalue weighted by Gasteiger charge is -2.15. The third-order valence-electron chi connectivity index (χ3n) is 4.01. The van der Waals surface area contributed by atoms with E-state index in [-0.39, 0.29) is 30.1 Å². The van der Waals surface area contributed by atoms with Gasteiger partial charge in [-0.1, -0.05) is 43.1 Å². The number of aliphatic carboxylic acids is 1. The molecule has 0 fully saturated rings. The number of hydrogen-bond acceptors (Lipinski definition) is 2. The largest absolute Gasteiger partial charge is 0.508 e. The van der Waals surface area contributed by atoms with Crippen molar-refractivity contribution >= 4 is 29.2 Å². The maximum Gasteiger partial charge on any atom is 0.303 e. The van der Waals surface area contributed by atoms with E-state index in [1.807, 2.05) is 0 Å². The second-order valence-corrected chi connectivity index (χ2v) is 7.05. The summed E-state index contributed by atoms with van der Waals surface area (Å²) in [5, 5.41) is 19.4. The summed E-state index contributed by atoms with van der Waals surface area (Å²) < 4.78 is 14.7. The topological polar surface area (TPSA) is 57.5 Å². The van der Waals surface area contributed by atoms with E-state index in [9.17, 15) is 14.3 Å². The Morgan fingerprint density at radius 1 is 1.20 bits per heavy atom. The molecule has 25 heavy (non-hydrogen) atoms. The monoisotopic (exact) mass is 384 g/mol. The van der Waals surface area contributed by atoms with Gasteiger partial charge in [-0.25, -0.2) is 4.39 Å². The van der Waals surface area contributed by atoms with Crippen LogP contribution in [0.2, 0.25) is 10.0 Å². The van der Waals surface area contributed by atoms with Crippen LogP contribution in [0.4, 0.5) is 4.39 Å². The fourth-order valence-electron chi connectivity index (χ4n) is 2.72. The molecule has 0 aromatic heterocycles. The highest BCUT2D eigenvalue weighted by Gasteiger charge is 2.18. The first-order chi connectivity index (χ1) is 11.7. The summed E-state index contributed by atoms with van der Waals surface area (Å²) in [5.74, 6) is -1.59. The zero-order valence-electron chi connectivity index (χ0n) is 13.9. The van der Waals surface area contributed by atoms with Crippen molar-refractivity contribution in [2.24, 2.45) is 0 Å². The predicted octanol–water partition coefficient (Wildman–Crippen LogP) is 5.57. The number of phenolic OH excluding ortho intramolecular Hbond substituents is 1. The third kappa shape index (κ3) is 4.65. The van der Waals surface area contributed by atoms with Gasteiger partial charge in [-0.3, -0.25) is 4.79 Å². The number of carboxylic acid groups (broad SMARTS) is 1. The van der Waals surface area contributed by atoms with E-state index >= 15 is 0 Å². The van der Waals surface area contributed by atoms with Gasteiger partial charge in [-0.05, 0) is 47.2 Å². The average molecular weight is 385 g/mol. The van der Waals surface area contributed by atoms with Crippen molar-refractivity contribution < 1.29 is 19.4 Å². The molecule has 3 nitrogen and oxygen atoms in total. The summed E-state index contributed by atoms with van der Waals surface area (Å²) in [6.45, 7) is 3.61. The van der Waals surface area contributed by atoms with Crippen LogP contribution >= 0.6 is 23.2 Å². The van der Waals surface area contributed by atoms with Crippen molar-refractivity contribution in [2.45, 2.75) is 39.0 Å². The second kappa shape index (κ2) is 8.07. The summed E-state index contributed by atoms with van der Waals surface area (Å²) in [5.41, 5.74) is 1.95. The van der Waals surface area contributed by atoms with Crippen molar-refractivity contribution in [1.29, 1.82) is 0 Å². The molecule has 0 bridgehead atoms. The van der Waals surface area contributed by atoms with Gasteiger partial charge in [0.2, 0.25) is 0 Å². The molecule has 0 saturated heterocycles. The molecule has 0 aliphatic carbocycles. The Balaban J connectivity index is 2.35. The molecule has 2 aromatic carbocycles. The summed E-state index contributed by atoms with van der Waals surface area (Å²) in [4.78, 5) is 10.7. The number of aromatic hydroxyl groups is 1. The van der Waals surface area contributed by atoms with Crippen LogP contribution in [-0.2, 0) is 17.6 Å². The maximum atomic E-state index is 14.7. The molecule has 0 radical (unpaired) electrons. The molecule has 2 rings (SSSR count). The molecule has 2 N–H and O–H groups in total. The fraction of sp³-hybridized carbons (Fsp3) is 0.316. The summed E-state index contributed by atoms with van der Waals surface area (Å²) in [6.07, 6.45) is 0.485. The van der Waals surface area contributed by atoms with E-state index < -0.39 is 11.8 Å². The molecular weight excluding hydrogens is 366 g/mol. The summed E-state index contributed by atoms with van der Waals surface area (Å²) in [6, 6.07) is 6.30. The van der Waals surface area contributed by atoms with Gasteiger partial charge in [0.25, 0.3) is 0 Å². The Labute approximate surface area is 156 Å². The normalized spacial score (nSPS) is 11.1. The van der Waals surface area contributed by atoms with E-state index in [0.717, 1.165) is 5.56 Å². The van der Waals surface area contributed by atoms with Gasteiger partial charge in [0.1, 0.15) is 11.6 Å². The number of carbonyl (C=O) groups is 1. The van der Waals surface area contributed by atoms with E-state index in [1.54, 1.807) is 26.0 Å². The van der Waals surface area contributed by atoms with Crippen molar-refractivity contribution in [2.75, 3.05) is 0 Å². The third-order valence-corrected chi connectivity index (χ3v) is 4.68. The molecule has 2 aromatic rings. The van der Waals surface area contributed by atoms with E-state index in [4.69, 9.17) is 28.3 Å². The number of benzene rings is 2. The Bertz CT molecular complexity index is 780. The first-order valence-electron chi connectivity index (χ1n) is 7.89. The van der Waals surface area contributed by atoms with Crippen molar-refractivity contribution in [3.63, 3.8) is 0 Å². The van der Waals surface area contributed by atoms with E-state index in [0.29, 0.717) is 27.6 Å². The lowest BCUT2D eigenvalue weighted by atomic mass is 9.95. The first-order valence-corrected chi connectivity index (χ1v) is 8.65. The lowest BCUT2D eigenvalue weighted by Crippen LogP contribution is -2.02. The summed E-state index contributed by atoms with van der Waals surface area (Å²) in [7, 11) is 0. The van der Waals surface area contributed by atoms with Crippen molar-refractivity contribution in [1.82, 2.24) is 0 Å². The lowest BCUT2D eigenvalue weighted by molar-refractivity contribution is -0.136. The molecule has 134 valence electrons.